The van der Waals surface area contributed by atoms with Gasteiger partial charge in [-0.3, -0.25) is 4.79 Å². The molecule has 1 aliphatic rings. The second-order valence-electron chi connectivity index (χ2n) is 7.67. The van der Waals surface area contributed by atoms with Gasteiger partial charge in [-0.1, -0.05) is 48.5 Å². The molecule has 0 aromatic heterocycles. The molecule has 166 valence electrons. The Balaban J connectivity index is 1.50. The van der Waals surface area contributed by atoms with E-state index in [-0.39, 0.29) is 17.3 Å². The molecule has 1 N–H and O–H groups in total. The Labute approximate surface area is 185 Å². The van der Waals surface area contributed by atoms with Crippen LogP contribution in [0, 0.1) is 11.6 Å². The van der Waals surface area contributed by atoms with Crippen molar-refractivity contribution in [2.24, 2.45) is 0 Å². The highest BCUT2D eigenvalue weighted by Gasteiger charge is 2.20. The van der Waals surface area contributed by atoms with Crippen molar-refractivity contribution >= 4 is 15.9 Å². The number of rotatable bonds is 7. The van der Waals surface area contributed by atoms with Crippen LogP contribution in [-0.2, 0) is 27.9 Å². The lowest BCUT2D eigenvalue weighted by Gasteiger charge is -2.16. The van der Waals surface area contributed by atoms with Gasteiger partial charge in [-0.25, -0.2) is 21.9 Å². The van der Waals surface area contributed by atoms with E-state index in [0.717, 1.165) is 47.4 Å². The molecule has 1 heterocycles. The van der Waals surface area contributed by atoms with Gasteiger partial charge in [-0.15, -0.1) is 0 Å². The minimum atomic E-state index is -4.02. The Morgan fingerprint density at radius 3 is 2.38 bits per heavy atom. The van der Waals surface area contributed by atoms with E-state index in [0.29, 0.717) is 19.0 Å². The van der Waals surface area contributed by atoms with Gasteiger partial charge < -0.3 is 4.90 Å². The lowest BCUT2D eigenvalue weighted by atomic mass is 9.98. The van der Waals surface area contributed by atoms with E-state index in [1.54, 1.807) is 12.1 Å². The third-order valence-electron chi connectivity index (χ3n) is 5.48. The fraction of sp³-hybridized carbons (Fsp3) is 0.208. The van der Waals surface area contributed by atoms with Gasteiger partial charge in [-0.05, 0) is 46.9 Å². The molecule has 1 saturated heterocycles. The van der Waals surface area contributed by atoms with Crippen LogP contribution < -0.4 is 4.72 Å². The van der Waals surface area contributed by atoms with Gasteiger partial charge in [0.2, 0.25) is 15.9 Å². The molecule has 0 radical (unpaired) electrons. The number of nitrogens with zero attached hydrogens (tertiary/aromatic N) is 1. The van der Waals surface area contributed by atoms with Gasteiger partial charge in [0.25, 0.3) is 0 Å². The Bertz CT molecular complexity index is 1240. The quantitative estimate of drug-likeness (QED) is 0.579. The molecule has 0 aliphatic carbocycles. The average molecular weight is 457 g/mol. The second kappa shape index (κ2) is 9.18. The van der Waals surface area contributed by atoms with E-state index in [9.17, 15) is 22.0 Å². The van der Waals surface area contributed by atoms with Crippen molar-refractivity contribution in [2.45, 2.75) is 30.8 Å². The summed E-state index contributed by atoms with van der Waals surface area (Å²) in [7, 11) is -4.02. The van der Waals surface area contributed by atoms with E-state index < -0.39 is 21.7 Å². The van der Waals surface area contributed by atoms with Crippen molar-refractivity contribution in [3.05, 3.63) is 89.5 Å². The maximum Gasteiger partial charge on any atom is 0.240 e. The maximum absolute atomic E-state index is 13.5. The average Bonchev–Trinajstić information content (AvgIpc) is 3.19. The summed E-state index contributed by atoms with van der Waals surface area (Å²) in [4.78, 5) is 13.3. The van der Waals surface area contributed by atoms with Gasteiger partial charge in [0, 0.05) is 26.1 Å². The summed E-state index contributed by atoms with van der Waals surface area (Å²) in [6, 6.07) is 17.6. The highest BCUT2D eigenvalue weighted by atomic mass is 32.2. The SMILES string of the molecule is O=C1CCCN1Cc1ccc(-c2ccccc2CNS(=O)(=O)c2ccc(F)c(F)c2)cc1. The molecule has 0 unspecified atom stereocenters. The summed E-state index contributed by atoms with van der Waals surface area (Å²) < 4.78 is 54.1. The molecule has 1 aliphatic heterocycles. The Hall–Kier alpha value is -3.10. The molecule has 0 atom stereocenters. The largest absolute Gasteiger partial charge is 0.338 e. The molecule has 3 aromatic rings. The zero-order valence-electron chi connectivity index (χ0n) is 17.2. The smallest absolute Gasteiger partial charge is 0.240 e. The summed E-state index contributed by atoms with van der Waals surface area (Å²) in [5.74, 6) is -2.15. The molecule has 0 saturated carbocycles. The second-order valence-corrected chi connectivity index (χ2v) is 9.44. The third kappa shape index (κ3) is 4.87. The molecule has 5 nitrogen and oxygen atoms in total. The number of carbonyl (C=O) groups excluding carboxylic acids is 1. The predicted octanol–water partition coefficient (Wildman–Crippen LogP) is 4.23. The number of benzene rings is 3. The zero-order valence-corrected chi connectivity index (χ0v) is 18.0. The lowest BCUT2D eigenvalue weighted by Crippen LogP contribution is -2.24. The van der Waals surface area contributed by atoms with Crippen LogP contribution in [0.15, 0.2) is 71.6 Å². The third-order valence-corrected chi connectivity index (χ3v) is 6.88. The van der Waals surface area contributed by atoms with Crippen LogP contribution in [0.2, 0.25) is 0 Å². The van der Waals surface area contributed by atoms with Gasteiger partial charge >= 0.3 is 0 Å². The topological polar surface area (TPSA) is 66.5 Å². The number of halogens is 2. The normalized spacial score (nSPS) is 14.2. The lowest BCUT2D eigenvalue weighted by molar-refractivity contribution is -0.128. The number of hydrogen-bond acceptors (Lipinski definition) is 3. The molecular formula is C24H22F2N2O3S. The summed E-state index contributed by atoms with van der Waals surface area (Å²) in [6.45, 7) is 1.35. The van der Waals surface area contributed by atoms with Crippen LogP contribution in [0.4, 0.5) is 8.78 Å². The molecule has 1 fully saturated rings. The predicted molar refractivity (Wildman–Crippen MR) is 117 cm³/mol. The molecule has 32 heavy (non-hydrogen) atoms. The molecular weight excluding hydrogens is 434 g/mol. The number of hydrogen-bond donors (Lipinski definition) is 1. The monoisotopic (exact) mass is 456 g/mol. The van der Waals surface area contributed by atoms with E-state index in [2.05, 4.69) is 4.72 Å². The first kappa shape index (κ1) is 22.1. The molecule has 0 spiro atoms. The number of sulfonamides is 1. The van der Waals surface area contributed by atoms with Crippen molar-refractivity contribution < 1.29 is 22.0 Å². The standard InChI is InChI=1S/C24H22F2N2O3S/c25-22-12-11-20(14-23(22)26)32(30,31)27-15-19-4-1-2-5-21(19)18-9-7-17(8-10-18)16-28-13-3-6-24(28)29/h1-2,4-5,7-12,14,27H,3,6,13,15-16H2. The summed E-state index contributed by atoms with van der Waals surface area (Å²) >= 11 is 0. The van der Waals surface area contributed by atoms with E-state index in [1.807, 2.05) is 41.3 Å². The van der Waals surface area contributed by atoms with Crippen molar-refractivity contribution in [3.63, 3.8) is 0 Å². The molecule has 0 bridgehead atoms. The molecule has 8 heteroatoms. The van der Waals surface area contributed by atoms with Crippen molar-refractivity contribution in [2.75, 3.05) is 6.54 Å². The van der Waals surface area contributed by atoms with Crippen LogP contribution in [0.25, 0.3) is 11.1 Å². The van der Waals surface area contributed by atoms with Crippen LogP contribution in [-0.4, -0.2) is 25.8 Å². The number of carbonyl (C=O) groups is 1. The first-order chi connectivity index (χ1) is 15.3. The van der Waals surface area contributed by atoms with Gasteiger partial charge in [0.15, 0.2) is 11.6 Å². The first-order valence-corrected chi connectivity index (χ1v) is 11.7. The van der Waals surface area contributed by atoms with Crippen LogP contribution in [0.3, 0.4) is 0 Å². The Morgan fingerprint density at radius 2 is 1.69 bits per heavy atom. The van der Waals surface area contributed by atoms with Crippen molar-refractivity contribution in [1.82, 2.24) is 9.62 Å². The number of amides is 1. The van der Waals surface area contributed by atoms with Crippen molar-refractivity contribution in [1.29, 1.82) is 0 Å². The van der Waals surface area contributed by atoms with Gasteiger partial charge in [0.05, 0.1) is 4.90 Å². The summed E-state index contributed by atoms with van der Waals surface area (Å²) in [5, 5.41) is 0. The molecule has 1 amide bonds. The first-order valence-electron chi connectivity index (χ1n) is 10.2. The number of nitrogens with one attached hydrogen (secondary N) is 1. The van der Waals surface area contributed by atoms with Gasteiger partial charge in [0.1, 0.15) is 0 Å². The Kier molecular flexibility index (Phi) is 6.34. The fourth-order valence-electron chi connectivity index (χ4n) is 3.74. The van der Waals surface area contributed by atoms with E-state index in [1.165, 1.54) is 0 Å². The van der Waals surface area contributed by atoms with Crippen molar-refractivity contribution in [3.8, 4) is 11.1 Å². The van der Waals surface area contributed by atoms with E-state index in [4.69, 9.17) is 0 Å². The van der Waals surface area contributed by atoms with Gasteiger partial charge in [-0.2, -0.15) is 0 Å². The van der Waals surface area contributed by atoms with Crippen LogP contribution in [0.5, 0.6) is 0 Å². The molecule has 4 rings (SSSR count). The minimum absolute atomic E-state index is 0.0124. The highest BCUT2D eigenvalue weighted by Crippen LogP contribution is 2.25. The minimum Gasteiger partial charge on any atom is -0.338 e. The fourth-order valence-corrected chi connectivity index (χ4v) is 4.76. The highest BCUT2D eigenvalue weighted by molar-refractivity contribution is 7.89. The van der Waals surface area contributed by atoms with Crippen LogP contribution in [0.1, 0.15) is 24.0 Å². The van der Waals surface area contributed by atoms with E-state index >= 15 is 0 Å². The Morgan fingerprint density at radius 1 is 0.938 bits per heavy atom. The zero-order chi connectivity index (χ0) is 22.7. The maximum atomic E-state index is 13.5. The summed E-state index contributed by atoms with van der Waals surface area (Å²) in [5.41, 5.74) is 3.52. The van der Waals surface area contributed by atoms with Crippen LogP contribution >= 0.6 is 0 Å². The molecule has 3 aromatic carbocycles. The number of likely N-dealkylation sites (tertiary alicyclic amines) is 1. The summed E-state index contributed by atoms with van der Waals surface area (Å²) in [6.07, 6.45) is 1.50.